The van der Waals surface area contributed by atoms with Gasteiger partial charge in [0.05, 0.1) is 13.2 Å². The molecule has 0 radical (unpaired) electrons. The van der Waals surface area contributed by atoms with Crippen LogP contribution in [0.1, 0.15) is 26.7 Å². The number of nitrogens with one attached hydrogen (secondary N) is 2. The number of hydrogen-bond acceptors (Lipinski definition) is 4. The van der Waals surface area contributed by atoms with Crippen molar-refractivity contribution in [3.05, 3.63) is 24.3 Å². The summed E-state index contributed by atoms with van der Waals surface area (Å²) in [5.41, 5.74) is 0.725. The number of ether oxygens (including phenoxy) is 2. The summed E-state index contributed by atoms with van der Waals surface area (Å²) in [5, 5.41) is 6.04. The van der Waals surface area contributed by atoms with Gasteiger partial charge in [0.25, 0.3) is 0 Å². The number of carbonyl (C=O) groups is 1. The maximum atomic E-state index is 11.1. The molecule has 0 unspecified atom stereocenters. The van der Waals surface area contributed by atoms with Gasteiger partial charge in [0.15, 0.2) is 5.96 Å². The molecule has 1 saturated carbocycles. The molecule has 1 fully saturated rings. The van der Waals surface area contributed by atoms with E-state index in [1.54, 1.807) is 6.07 Å². The third-order valence-electron chi connectivity index (χ3n) is 4.09. The minimum Gasteiger partial charge on any atom is -0.492 e. The average molecular weight is 377 g/mol. The monoisotopic (exact) mass is 376 g/mol. The van der Waals surface area contributed by atoms with Gasteiger partial charge in [-0.25, -0.2) is 4.99 Å². The average Bonchev–Trinajstić information content (AvgIpc) is 3.45. The van der Waals surface area contributed by atoms with Crippen molar-refractivity contribution in [2.75, 3.05) is 51.8 Å². The fraction of sp³-hybridized carbons (Fsp3) is 0.600. The summed E-state index contributed by atoms with van der Waals surface area (Å²) in [6.45, 7) is 7.75. The molecule has 2 rings (SSSR count). The standard InChI is InChI=1S/C20H32N4O3/c1-4-21-20(24(3)11-13-26-15-17-8-9-17)22-10-12-27-19-7-5-6-18(14-19)23-16(2)25/h5-7,14,17H,4,8-13,15H2,1-3H3,(H,21,22)(H,23,25). The molecule has 0 saturated heterocycles. The molecule has 0 bridgehead atoms. The molecule has 0 atom stereocenters. The molecule has 0 spiro atoms. The van der Waals surface area contributed by atoms with Gasteiger partial charge in [-0.15, -0.1) is 0 Å². The van der Waals surface area contributed by atoms with E-state index in [4.69, 9.17) is 9.47 Å². The lowest BCUT2D eigenvalue weighted by molar-refractivity contribution is -0.114. The highest BCUT2D eigenvalue weighted by Gasteiger charge is 2.21. The van der Waals surface area contributed by atoms with Gasteiger partial charge in [0, 0.05) is 45.4 Å². The third-order valence-corrected chi connectivity index (χ3v) is 4.09. The normalized spacial score (nSPS) is 14.0. The third kappa shape index (κ3) is 8.77. The van der Waals surface area contributed by atoms with E-state index in [1.165, 1.54) is 19.8 Å². The zero-order chi connectivity index (χ0) is 19.5. The molecule has 150 valence electrons. The highest BCUT2D eigenvalue weighted by atomic mass is 16.5. The van der Waals surface area contributed by atoms with Gasteiger partial charge in [0.1, 0.15) is 12.4 Å². The lowest BCUT2D eigenvalue weighted by Gasteiger charge is -2.22. The van der Waals surface area contributed by atoms with Crippen LogP contribution in [0.4, 0.5) is 5.69 Å². The molecule has 0 aromatic heterocycles. The first kappa shape index (κ1) is 21.0. The van der Waals surface area contributed by atoms with Crippen LogP contribution in [0, 0.1) is 5.92 Å². The van der Waals surface area contributed by atoms with E-state index in [0.29, 0.717) is 25.5 Å². The summed E-state index contributed by atoms with van der Waals surface area (Å²) in [4.78, 5) is 17.8. The second kappa shape index (κ2) is 11.4. The van der Waals surface area contributed by atoms with Crippen molar-refractivity contribution in [2.24, 2.45) is 10.9 Å². The second-order valence-electron chi connectivity index (χ2n) is 6.73. The van der Waals surface area contributed by atoms with Gasteiger partial charge in [-0.1, -0.05) is 6.07 Å². The Kier molecular flexibility index (Phi) is 8.91. The SMILES string of the molecule is CCNC(=NCCOc1cccc(NC(C)=O)c1)N(C)CCOCC1CC1. The second-order valence-corrected chi connectivity index (χ2v) is 6.73. The molecule has 2 N–H and O–H groups in total. The van der Waals surface area contributed by atoms with Crippen molar-refractivity contribution in [1.82, 2.24) is 10.2 Å². The fourth-order valence-corrected chi connectivity index (χ4v) is 2.49. The number of likely N-dealkylation sites (N-methyl/N-ethyl adjacent to an activating group) is 1. The van der Waals surface area contributed by atoms with Crippen molar-refractivity contribution in [1.29, 1.82) is 0 Å². The Balaban J connectivity index is 1.73. The molecule has 1 aromatic rings. The lowest BCUT2D eigenvalue weighted by Crippen LogP contribution is -2.40. The van der Waals surface area contributed by atoms with Gasteiger partial charge in [-0.05, 0) is 37.8 Å². The minimum atomic E-state index is -0.101. The number of benzene rings is 1. The summed E-state index contributed by atoms with van der Waals surface area (Å²) in [7, 11) is 2.01. The molecule has 0 heterocycles. The van der Waals surface area contributed by atoms with Crippen molar-refractivity contribution >= 4 is 17.6 Å². The zero-order valence-electron chi connectivity index (χ0n) is 16.7. The highest BCUT2D eigenvalue weighted by molar-refractivity contribution is 5.88. The summed E-state index contributed by atoms with van der Waals surface area (Å²) in [6, 6.07) is 7.35. The molecule has 7 nitrogen and oxygen atoms in total. The van der Waals surface area contributed by atoms with E-state index >= 15 is 0 Å². The molecular weight excluding hydrogens is 344 g/mol. The maximum absolute atomic E-state index is 11.1. The van der Waals surface area contributed by atoms with Crippen LogP contribution < -0.4 is 15.4 Å². The fourth-order valence-electron chi connectivity index (χ4n) is 2.49. The number of rotatable bonds is 11. The van der Waals surface area contributed by atoms with Crippen LogP contribution in [0.15, 0.2) is 29.3 Å². The summed E-state index contributed by atoms with van der Waals surface area (Å²) >= 11 is 0. The highest BCUT2D eigenvalue weighted by Crippen LogP contribution is 2.28. The van der Waals surface area contributed by atoms with Crippen molar-refractivity contribution in [3.8, 4) is 5.75 Å². The van der Waals surface area contributed by atoms with Crippen LogP contribution in [0.3, 0.4) is 0 Å². The Bertz CT molecular complexity index is 617. The molecule has 1 aliphatic carbocycles. The smallest absolute Gasteiger partial charge is 0.221 e. The van der Waals surface area contributed by atoms with E-state index in [1.807, 2.05) is 25.2 Å². The van der Waals surface area contributed by atoms with E-state index in [2.05, 4.69) is 27.4 Å². The van der Waals surface area contributed by atoms with Gasteiger partial charge >= 0.3 is 0 Å². The predicted octanol–water partition coefficient (Wildman–Crippen LogP) is 2.35. The van der Waals surface area contributed by atoms with Crippen molar-refractivity contribution in [3.63, 3.8) is 0 Å². The zero-order valence-corrected chi connectivity index (χ0v) is 16.7. The Labute approximate surface area is 162 Å². The topological polar surface area (TPSA) is 75.2 Å². The Morgan fingerprint density at radius 2 is 2.15 bits per heavy atom. The van der Waals surface area contributed by atoms with Crippen LogP contribution in [0.2, 0.25) is 0 Å². The van der Waals surface area contributed by atoms with Crippen LogP contribution in [0.5, 0.6) is 5.75 Å². The Morgan fingerprint density at radius 3 is 2.85 bits per heavy atom. The quantitative estimate of drug-likeness (QED) is 0.352. The largest absolute Gasteiger partial charge is 0.492 e. The molecule has 1 aliphatic rings. The predicted molar refractivity (Wildman–Crippen MR) is 108 cm³/mol. The molecule has 27 heavy (non-hydrogen) atoms. The summed E-state index contributed by atoms with van der Waals surface area (Å²) < 4.78 is 11.4. The number of amides is 1. The lowest BCUT2D eigenvalue weighted by atomic mass is 10.3. The number of aliphatic imine (C=N–C) groups is 1. The molecule has 1 amide bonds. The van der Waals surface area contributed by atoms with E-state index in [0.717, 1.165) is 37.3 Å². The van der Waals surface area contributed by atoms with Gasteiger partial charge in [0.2, 0.25) is 5.91 Å². The van der Waals surface area contributed by atoms with E-state index in [-0.39, 0.29) is 5.91 Å². The number of guanidine groups is 1. The first-order valence-electron chi connectivity index (χ1n) is 9.66. The molecular formula is C20H32N4O3. The van der Waals surface area contributed by atoms with Crippen molar-refractivity contribution < 1.29 is 14.3 Å². The number of hydrogen-bond donors (Lipinski definition) is 2. The van der Waals surface area contributed by atoms with E-state index < -0.39 is 0 Å². The summed E-state index contributed by atoms with van der Waals surface area (Å²) in [5.74, 6) is 2.25. The van der Waals surface area contributed by atoms with Gasteiger partial charge in [-0.3, -0.25) is 4.79 Å². The van der Waals surface area contributed by atoms with Crippen LogP contribution in [0.25, 0.3) is 0 Å². The van der Waals surface area contributed by atoms with Gasteiger partial charge in [-0.2, -0.15) is 0 Å². The first-order chi connectivity index (χ1) is 13.1. The molecule has 1 aromatic carbocycles. The van der Waals surface area contributed by atoms with E-state index in [9.17, 15) is 4.79 Å². The summed E-state index contributed by atoms with van der Waals surface area (Å²) in [6.07, 6.45) is 2.63. The number of carbonyl (C=O) groups excluding carboxylic acids is 1. The van der Waals surface area contributed by atoms with Crippen LogP contribution >= 0.6 is 0 Å². The van der Waals surface area contributed by atoms with Crippen LogP contribution in [-0.4, -0.2) is 63.3 Å². The number of anilines is 1. The molecule has 7 heteroatoms. The maximum Gasteiger partial charge on any atom is 0.221 e. The first-order valence-corrected chi connectivity index (χ1v) is 9.66. The Hall–Kier alpha value is -2.28. The molecule has 0 aliphatic heterocycles. The van der Waals surface area contributed by atoms with Crippen LogP contribution in [-0.2, 0) is 9.53 Å². The van der Waals surface area contributed by atoms with Crippen molar-refractivity contribution in [2.45, 2.75) is 26.7 Å². The van der Waals surface area contributed by atoms with Gasteiger partial charge < -0.3 is 25.0 Å². The Morgan fingerprint density at radius 1 is 1.33 bits per heavy atom. The minimum absolute atomic E-state index is 0.101. The number of nitrogens with zero attached hydrogens (tertiary/aromatic N) is 2.